The van der Waals surface area contributed by atoms with Gasteiger partial charge in [-0.25, -0.2) is 9.37 Å². The number of fused-ring (bicyclic) bond motifs is 1. The number of nitrogens with zero attached hydrogens (tertiary/aromatic N) is 5. The van der Waals surface area contributed by atoms with E-state index in [0.29, 0.717) is 72.4 Å². The van der Waals surface area contributed by atoms with Crippen molar-refractivity contribution in [3.63, 3.8) is 0 Å². The van der Waals surface area contributed by atoms with Crippen LogP contribution in [0.2, 0.25) is 0 Å². The summed E-state index contributed by atoms with van der Waals surface area (Å²) in [7, 11) is 1.71. The summed E-state index contributed by atoms with van der Waals surface area (Å²) in [6.07, 6.45) is 5.14. The van der Waals surface area contributed by atoms with E-state index < -0.39 is 24.2 Å². The molecule has 17 heteroatoms. The highest BCUT2D eigenvalue weighted by Gasteiger charge is 2.43. The molecule has 1 aliphatic carbocycles. The van der Waals surface area contributed by atoms with Crippen molar-refractivity contribution in [2.75, 3.05) is 59.8 Å². The molecule has 1 saturated carbocycles. The highest BCUT2D eigenvalue weighted by atomic mass is 32.1. The minimum Gasteiger partial charge on any atom is -0.491 e. The molecule has 75 heavy (non-hydrogen) atoms. The van der Waals surface area contributed by atoms with Crippen molar-refractivity contribution >= 4 is 39.8 Å². The van der Waals surface area contributed by atoms with Gasteiger partial charge in [-0.15, -0.1) is 11.3 Å². The van der Waals surface area contributed by atoms with Gasteiger partial charge in [0, 0.05) is 52.4 Å². The molecule has 2 aliphatic rings. The minimum absolute atomic E-state index is 0.0191. The molecule has 3 amide bonds. The van der Waals surface area contributed by atoms with Crippen LogP contribution in [0.25, 0.3) is 33.2 Å². The Bertz CT molecular complexity index is 3010. The third kappa shape index (κ3) is 13.3. The molecule has 392 valence electrons. The van der Waals surface area contributed by atoms with E-state index in [0.717, 1.165) is 71.1 Å². The Hall–Kier alpha value is -6.99. The number of rotatable bonds is 23. The van der Waals surface area contributed by atoms with Gasteiger partial charge in [0.2, 0.25) is 17.7 Å². The van der Waals surface area contributed by atoms with Crippen molar-refractivity contribution in [1.82, 2.24) is 30.4 Å². The number of ether oxygens (including phenoxy) is 4. The van der Waals surface area contributed by atoms with Crippen molar-refractivity contribution in [3.05, 3.63) is 129 Å². The van der Waals surface area contributed by atoms with Gasteiger partial charge in [0.25, 0.3) is 0 Å². The molecular formula is C58H65FN8O7S. The Labute approximate surface area is 441 Å². The second-order valence-electron chi connectivity index (χ2n) is 19.2. The summed E-state index contributed by atoms with van der Waals surface area (Å²) in [5.41, 5.74) is 7.36. The van der Waals surface area contributed by atoms with Crippen LogP contribution in [0.5, 0.6) is 5.75 Å². The van der Waals surface area contributed by atoms with Gasteiger partial charge < -0.3 is 44.4 Å². The SMILES string of the molecule is CN[C@@H](C)C(=O)N[C@H](C(=O)N1C[C@@H](NC(=O)COCCOCCOCCOc2ccc(Cn3c(C)c(C#N)c(-c4ccc(C#N)cc4)c3C)cc2)C[C@H]1c1nc(-c2ccc(F)c3ccccc23)cs1)C1CCCCC1. The second-order valence-corrected chi connectivity index (χ2v) is 20.1. The molecule has 15 nitrogen and oxygen atoms in total. The topological polar surface area (TPSA) is 193 Å². The predicted octanol–water partition coefficient (Wildman–Crippen LogP) is 8.54. The number of nitriles is 2. The predicted molar refractivity (Wildman–Crippen MR) is 285 cm³/mol. The molecule has 2 aromatic heterocycles. The number of aromatic nitrogens is 2. The summed E-state index contributed by atoms with van der Waals surface area (Å²) < 4.78 is 39.9. The first-order chi connectivity index (χ1) is 36.5. The van der Waals surface area contributed by atoms with Crippen LogP contribution in [0, 0.1) is 48.2 Å². The number of carbonyl (C=O) groups is 3. The van der Waals surface area contributed by atoms with E-state index in [9.17, 15) is 29.3 Å². The van der Waals surface area contributed by atoms with Gasteiger partial charge in [0.15, 0.2) is 0 Å². The maximum absolute atomic E-state index is 14.8. The van der Waals surface area contributed by atoms with Crippen LogP contribution in [0.3, 0.4) is 0 Å². The molecular weight excluding hydrogens is 972 g/mol. The zero-order chi connectivity index (χ0) is 52.8. The lowest BCUT2D eigenvalue weighted by molar-refractivity contribution is -0.139. The Kier molecular flexibility index (Phi) is 18.8. The highest BCUT2D eigenvalue weighted by Crippen LogP contribution is 2.40. The number of hydrogen-bond donors (Lipinski definition) is 3. The zero-order valence-corrected chi connectivity index (χ0v) is 43.9. The van der Waals surface area contributed by atoms with E-state index in [2.05, 4.69) is 32.7 Å². The molecule has 2 fully saturated rings. The Balaban J connectivity index is 0.776. The normalized spacial score (nSPS) is 16.5. The summed E-state index contributed by atoms with van der Waals surface area (Å²) in [5, 5.41) is 32.2. The van der Waals surface area contributed by atoms with Crippen molar-refractivity contribution in [3.8, 4) is 40.3 Å². The largest absolute Gasteiger partial charge is 0.491 e. The van der Waals surface area contributed by atoms with Crippen LogP contribution >= 0.6 is 11.3 Å². The number of hydrogen-bond acceptors (Lipinski definition) is 12. The molecule has 0 bridgehead atoms. The average molecular weight is 1040 g/mol. The summed E-state index contributed by atoms with van der Waals surface area (Å²) >= 11 is 1.42. The molecule has 6 aromatic rings. The number of nitrogens with one attached hydrogen (secondary N) is 3. The molecule has 3 N–H and O–H groups in total. The fourth-order valence-electron chi connectivity index (χ4n) is 10.2. The summed E-state index contributed by atoms with van der Waals surface area (Å²) in [6, 6.07) is 28.0. The van der Waals surface area contributed by atoms with E-state index in [-0.39, 0.29) is 55.8 Å². The van der Waals surface area contributed by atoms with Gasteiger partial charge in [-0.2, -0.15) is 10.5 Å². The first-order valence-corrected chi connectivity index (χ1v) is 26.6. The molecule has 4 atom stereocenters. The number of thiazole rings is 1. The van der Waals surface area contributed by atoms with Crippen LogP contribution < -0.4 is 20.7 Å². The minimum atomic E-state index is -0.728. The van der Waals surface area contributed by atoms with Gasteiger partial charge in [-0.3, -0.25) is 14.4 Å². The standard InChI is InChI=1S/C58H65FN8O7S/c1-37(62-4)56(69)65-55(43-10-6-5-7-11-43)58(70)67-34-44(30-52(67)57-64-51(36-75-57)48-22-23-50(59)47-13-9-8-12-46(47)48)63-53(68)35-73-27-26-71-24-25-72-28-29-74-45-20-16-41(17-21-45)33-66-38(2)49(32-61)54(39(66)3)42-18-14-40(31-60)15-19-42/h8-9,12-23,36-37,43-44,52,55,62H,5-7,10-11,24-30,33-35H2,1-4H3,(H,63,68)(H,65,69)/t37-,44-,52-,55-/m0/s1. The first kappa shape index (κ1) is 54.3. The summed E-state index contributed by atoms with van der Waals surface area (Å²) in [5.74, 6) is -0.376. The lowest BCUT2D eigenvalue weighted by atomic mass is 9.83. The van der Waals surface area contributed by atoms with Crippen LogP contribution in [-0.4, -0.2) is 110 Å². The average Bonchev–Trinajstić information content (AvgIpc) is 4.16. The fourth-order valence-corrected chi connectivity index (χ4v) is 11.1. The van der Waals surface area contributed by atoms with Crippen LogP contribution in [0.15, 0.2) is 90.3 Å². The number of benzene rings is 4. The highest BCUT2D eigenvalue weighted by molar-refractivity contribution is 7.10. The van der Waals surface area contributed by atoms with Crippen LogP contribution in [0.4, 0.5) is 4.39 Å². The first-order valence-electron chi connectivity index (χ1n) is 25.7. The molecule has 3 heterocycles. The van der Waals surface area contributed by atoms with E-state index in [1.54, 1.807) is 49.2 Å². The van der Waals surface area contributed by atoms with Gasteiger partial charge in [0.05, 0.1) is 68.0 Å². The third-order valence-corrected chi connectivity index (χ3v) is 15.3. The summed E-state index contributed by atoms with van der Waals surface area (Å²) in [6.45, 7) is 8.22. The van der Waals surface area contributed by atoms with Crippen molar-refractivity contribution < 1.29 is 37.7 Å². The van der Waals surface area contributed by atoms with E-state index in [1.807, 2.05) is 67.8 Å². The van der Waals surface area contributed by atoms with E-state index in [1.165, 1.54) is 17.4 Å². The monoisotopic (exact) mass is 1040 g/mol. The smallest absolute Gasteiger partial charge is 0.246 e. The van der Waals surface area contributed by atoms with Crippen molar-refractivity contribution in [2.24, 2.45) is 5.92 Å². The number of amides is 3. The molecule has 1 aliphatic heterocycles. The lowest BCUT2D eigenvalue weighted by Crippen LogP contribution is -2.56. The Morgan fingerprint density at radius 3 is 2.23 bits per heavy atom. The molecule has 8 rings (SSSR count). The Morgan fingerprint density at radius 1 is 0.840 bits per heavy atom. The van der Waals surface area contributed by atoms with Gasteiger partial charge in [0.1, 0.15) is 41.9 Å². The van der Waals surface area contributed by atoms with Crippen LogP contribution in [0.1, 0.15) is 84.6 Å². The van der Waals surface area contributed by atoms with Crippen molar-refractivity contribution in [1.29, 1.82) is 10.5 Å². The number of halogens is 1. The number of likely N-dealkylation sites (tertiary alicyclic amines) is 1. The second kappa shape index (κ2) is 26.0. The van der Waals surface area contributed by atoms with Crippen LogP contribution in [-0.2, 0) is 35.1 Å². The third-order valence-electron chi connectivity index (χ3n) is 14.3. The quantitative estimate of drug-likeness (QED) is 0.0521. The van der Waals surface area contributed by atoms with Gasteiger partial charge >= 0.3 is 0 Å². The molecule has 0 radical (unpaired) electrons. The molecule has 0 unspecified atom stereocenters. The maximum atomic E-state index is 14.8. The van der Waals surface area contributed by atoms with E-state index in [4.69, 9.17) is 23.9 Å². The molecule has 1 saturated heterocycles. The molecule has 0 spiro atoms. The number of likely N-dealkylation sites (N-methyl/N-ethyl adjacent to an activating group) is 1. The van der Waals surface area contributed by atoms with Gasteiger partial charge in [-0.1, -0.05) is 67.8 Å². The molecule has 4 aromatic carbocycles. The lowest BCUT2D eigenvalue weighted by Gasteiger charge is -2.35. The Morgan fingerprint density at radius 2 is 1.53 bits per heavy atom. The fraction of sp³-hybridized carbons (Fsp3) is 0.414. The summed E-state index contributed by atoms with van der Waals surface area (Å²) in [4.78, 5) is 48.2. The van der Waals surface area contributed by atoms with Crippen molar-refractivity contribution in [2.45, 2.75) is 90.0 Å². The van der Waals surface area contributed by atoms with E-state index >= 15 is 0 Å². The zero-order valence-electron chi connectivity index (χ0n) is 43.0. The number of carbonyl (C=O) groups excluding carboxylic acids is 3. The van der Waals surface area contributed by atoms with Gasteiger partial charge in [-0.05, 0) is 106 Å². The maximum Gasteiger partial charge on any atom is 0.246 e.